The molecule has 1 aromatic heterocycles. The van der Waals surface area contributed by atoms with Crippen molar-refractivity contribution in [2.75, 3.05) is 6.54 Å². The third kappa shape index (κ3) is 3.29. The molecule has 2 nitrogen and oxygen atoms in total. The number of nitrogens with one attached hydrogen (secondary N) is 1. The summed E-state index contributed by atoms with van der Waals surface area (Å²) in [7, 11) is 0. The smallest absolute Gasteiger partial charge is 0.0375 e. The highest BCUT2D eigenvalue weighted by atomic mass is 14.9. The standard InChI is InChI=1S/C15H24N2/c1-3-16-15(13-7-5-4-6-8-13)14-9-10-17-12(2)11-14/h9-11,13,15-16H,3-8H2,1-2H3. The zero-order valence-corrected chi connectivity index (χ0v) is 11.1. The lowest BCUT2D eigenvalue weighted by Gasteiger charge is -2.31. The maximum absolute atomic E-state index is 4.30. The van der Waals surface area contributed by atoms with Crippen LogP contribution >= 0.6 is 0 Å². The van der Waals surface area contributed by atoms with E-state index in [0.717, 1.165) is 18.2 Å². The van der Waals surface area contributed by atoms with Gasteiger partial charge >= 0.3 is 0 Å². The summed E-state index contributed by atoms with van der Waals surface area (Å²) in [5.74, 6) is 0.811. The normalized spacial score (nSPS) is 19.2. The number of aromatic nitrogens is 1. The highest BCUT2D eigenvalue weighted by Gasteiger charge is 2.24. The molecule has 1 aliphatic rings. The first-order chi connectivity index (χ1) is 8.31. The number of hydrogen-bond acceptors (Lipinski definition) is 2. The van der Waals surface area contributed by atoms with Gasteiger partial charge in [-0.05, 0) is 49.9 Å². The van der Waals surface area contributed by atoms with Crippen molar-refractivity contribution in [3.8, 4) is 0 Å². The minimum atomic E-state index is 0.530. The topological polar surface area (TPSA) is 24.9 Å². The van der Waals surface area contributed by atoms with Gasteiger partial charge in [-0.25, -0.2) is 0 Å². The molecular weight excluding hydrogens is 208 g/mol. The second-order valence-electron chi connectivity index (χ2n) is 5.16. The summed E-state index contributed by atoms with van der Waals surface area (Å²) in [6.07, 6.45) is 8.91. The molecule has 1 atom stereocenters. The molecule has 2 rings (SSSR count). The Morgan fingerprint density at radius 2 is 2.12 bits per heavy atom. The van der Waals surface area contributed by atoms with Gasteiger partial charge in [-0.2, -0.15) is 0 Å². The largest absolute Gasteiger partial charge is 0.310 e. The van der Waals surface area contributed by atoms with E-state index < -0.39 is 0 Å². The van der Waals surface area contributed by atoms with Crippen molar-refractivity contribution in [1.29, 1.82) is 0 Å². The third-order valence-corrected chi connectivity index (χ3v) is 3.83. The van der Waals surface area contributed by atoms with E-state index in [1.807, 2.05) is 6.20 Å². The number of rotatable bonds is 4. The van der Waals surface area contributed by atoms with Crippen LogP contribution in [0.4, 0.5) is 0 Å². The molecule has 0 saturated heterocycles. The maximum atomic E-state index is 4.30. The minimum absolute atomic E-state index is 0.530. The average Bonchev–Trinajstić information content (AvgIpc) is 2.37. The van der Waals surface area contributed by atoms with E-state index in [2.05, 4.69) is 36.3 Å². The summed E-state index contributed by atoms with van der Waals surface area (Å²) in [5.41, 5.74) is 2.55. The zero-order valence-electron chi connectivity index (χ0n) is 11.1. The van der Waals surface area contributed by atoms with Gasteiger partial charge < -0.3 is 5.32 Å². The van der Waals surface area contributed by atoms with Gasteiger partial charge in [0.1, 0.15) is 0 Å². The fourth-order valence-corrected chi connectivity index (χ4v) is 3.01. The summed E-state index contributed by atoms with van der Waals surface area (Å²) in [6.45, 7) is 5.32. The first kappa shape index (κ1) is 12.6. The Labute approximate surface area is 105 Å². The minimum Gasteiger partial charge on any atom is -0.310 e. The van der Waals surface area contributed by atoms with Gasteiger partial charge in [0.05, 0.1) is 0 Å². The zero-order chi connectivity index (χ0) is 12.1. The second-order valence-corrected chi connectivity index (χ2v) is 5.16. The predicted octanol–water partition coefficient (Wildman–Crippen LogP) is 3.62. The molecule has 0 spiro atoms. The fraction of sp³-hybridized carbons (Fsp3) is 0.667. The first-order valence-corrected chi connectivity index (χ1v) is 6.97. The molecule has 0 radical (unpaired) electrons. The lowest BCUT2D eigenvalue weighted by Crippen LogP contribution is -2.29. The van der Waals surface area contributed by atoms with Crippen molar-refractivity contribution in [3.63, 3.8) is 0 Å². The van der Waals surface area contributed by atoms with E-state index in [4.69, 9.17) is 0 Å². The molecule has 17 heavy (non-hydrogen) atoms. The summed E-state index contributed by atoms with van der Waals surface area (Å²) < 4.78 is 0. The van der Waals surface area contributed by atoms with Crippen LogP contribution in [-0.2, 0) is 0 Å². The van der Waals surface area contributed by atoms with Gasteiger partial charge in [0.25, 0.3) is 0 Å². The molecule has 0 bridgehead atoms. The van der Waals surface area contributed by atoms with Crippen LogP contribution < -0.4 is 5.32 Å². The molecule has 1 N–H and O–H groups in total. The van der Waals surface area contributed by atoms with Gasteiger partial charge in [-0.15, -0.1) is 0 Å². The molecule has 1 fully saturated rings. The van der Waals surface area contributed by atoms with Crippen LogP contribution in [0.25, 0.3) is 0 Å². The van der Waals surface area contributed by atoms with Crippen LogP contribution in [0.15, 0.2) is 18.3 Å². The Morgan fingerprint density at radius 3 is 2.76 bits per heavy atom. The van der Waals surface area contributed by atoms with E-state index in [9.17, 15) is 0 Å². The van der Waals surface area contributed by atoms with Crippen LogP contribution in [0.5, 0.6) is 0 Å². The van der Waals surface area contributed by atoms with Gasteiger partial charge in [0.15, 0.2) is 0 Å². The molecule has 1 heterocycles. The van der Waals surface area contributed by atoms with Crippen LogP contribution in [0.1, 0.15) is 56.3 Å². The number of pyridine rings is 1. The summed E-state index contributed by atoms with van der Waals surface area (Å²) in [6, 6.07) is 4.94. The van der Waals surface area contributed by atoms with E-state index in [1.54, 1.807) is 0 Å². The van der Waals surface area contributed by atoms with Crippen molar-refractivity contribution >= 4 is 0 Å². The molecule has 1 saturated carbocycles. The monoisotopic (exact) mass is 232 g/mol. The Morgan fingerprint density at radius 1 is 1.35 bits per heavy atom. The SMILES string of the molecule is CCNC(c1ccnc(C)c1)C1CCCCC1. The molecule has 1 aliphatic carbocycles. The molecule has 0 aliphatic heterocycles. The van der Waals surface area contributed by atoms with Crippen molar-refractivity contribution in [2.45, 2.75) is 52.0 Å². The van der Waals surface area contributed by atoms with E-state index in [1.165, 1.54) is 37.7 Å². The van der Waals surface area contributed by atoms with Gasteiger partial charge in [-0.3, -0.25) is 4.98 Å². The third-order valence-electron chi connectivity index (χ3n) is 3.83. The van der Waals surface area contributed by atoms with Crippen molar-refractivity contribution < 1.29 is 0 Å². The van der Waals surface area contributed by atoms with E-state index in [0.29, 0.717) is 6.04 Å². The molecule has 1 aromatic rings. The summed E-state index contributed by atoms with van der Waals surface area (Å²) >= 11 is 0. The van der Waals surface area contributed by atoms with Crippen molar-refractivity contribution in [1.82, 2.24) is 10.3 Å². The Kier molecular flexibility index (Phi) is 4.55. The Bertz CT molecular complexity index is 343. The van der Waals surface area contributed by atoms with Gasteiger partial charge in [-0.1, -0.05) is 26.2 Å². The average molecular weight is 232 g/mol. The van der Waals surface area contributed by atoms with Crippen LogP contribution in [0, 0.1) is 12.8 Å². The fourth-order valence-electron chi connectivity index (χ4n) is 3.01. The highest BCUT2D eigenvalue weighted by Crippen LogP contribution is 2.34. The van der Waals surface area contributed by atoms with Crippen molar-refractivity contribution in [2.24, 2.45) is 5.92 Å². The van der Waals surface area contributed by atoms with Crippen LogP contribution in [-0.4, -0.2) is 11.5 Å². The number of hydrogen-bond donors (Lipinski definition) is 1. The van der Waals surface area contributed by atoms with Crippen molar-refractivity contribution in [3.05, 3.63) is 29.6 Å². The molecule has 2 heteroatoms. The lowest BCUT2D eigenvalue weighted by molar-refractivity contribution is 0.274. The van der Waals surface area contributed by atoms with Gasteiger partial charge in [0.2, 0.25) is 0 Å². The van der Waals surface area contributed by atoms with Crippen LogP contribution in [0.3, 0.4) is 0 Å². The number of aryl methyl sites for hydroxylation is 1. The molecule has 0 aromatic carbocycles. The second kappa shape index (κ2) is 6.15. The summed E-state index contributed by atoms with van der Waals surface area (Å²) in [5, 5.41) is 3.67. The molecular formula is C15H24N2. The quantitative estimate of drug-likeness (QED) is 0.857. The van der Waals surface area contributed by atoms with Gasteiger partial charge in [0, 0.05) is 17.9 Å². The molecule has 94 valence electrons. The first-order valence-electron chi connectivity index (χ1n) is 6.97. The summed E-state index contributed by atoms with van der Waals surface area (Å²) in [4.78, 5) is 4.30. The molecule has 0 amide bonds. The molecule has 1 unspecified atom stereocenters. The maximum Gasteiger partial charge on any atom is 0.0375 e. The predicted molar refractivity (Wildman–Crippen MR) is 72.0 cm³/mol. The van der Waals surface area contributed by atoms with E-state index >= 15 is 0 Å². The lowest BCUT2D eigenvalue weighted by atomic mass is 9.81. The highest BCUT2D eigenvalue weighted by molar-refractivity contribution is 5.20. The van der Waals surface area contributed by atoms with Crippen LogP contribution in [0.2, 0.25) is 0 Å². The Balaban J connectivity index is 2.15. The van der Waals surface area contributed by atoms with E-state index in [-0.39, 0.29) is 0 Å². The number of nitrogens with zero attached hydrogens (tertiary/aromatic N) is 1. The Hall–Kier alpha value is -0.890.